The Labute approximate surface area is 198 Å². The minimum Gasteiger partial charge on any atom is -0.497 e. The number of rotatable bonds is 8. The minimum atomic E-state index is -3.64. The monoisotopic (exact) mass is 478 g/mol. The van der Waals surface area contributed by atoms with Gasteiger partial charge in [-0.05, 0) is 36.2 Å². The Bertz CT molecular complexity index is 1460. The first-order valence-corrected chi connectivity index (χ1v) is 12.3. The number of amides is 1. The van der Waals surface area contributed by atoms with Crippen LogP contribution in [-0.2, 0) is 26.9 Å². The van der Waals surface area contributed by atoms with Gasteiger partial charge in [0.15, 0.2) is 9.84 Å². The lowest BCUT2D eigenvalue weighted by atomic mass is 10.1. The van der Waals surface area contributed by atoms with Gasteiger partial charge in [0.1, 0.15) is 18.0 Å². The molecule has 1 aromatic heterocycles. The number of nitrogens with one attached hydrogen (secondary N) is 1. The van der Waals surface area contributed by atoms with Gasteiger partial charge in [0.25, 0.3) is 0 Å². The Morgan fingerprint density at radius 1 is 0.971 bits per heavy atom. The summed E-state index contributed by atoms with van der Waals surface area (Å²) in [7, 11) is -0.581. The number of fused-ring (bicyclic) bond motifs is 1. The van der Waals surface area contributed by atoms with Gasteiger partial charge >= 0.3 is 0 Å². The molecule has 1 N–H and O–H groups in total. The van der Waals surface area contributed by atoms with Crippen LogP contribution in [0.4, 0.5) is 5.69 Å². The number of hydrogen-bond donors (Lipinski definition) is 1. The Morgan fingerprint density at radius 3 is 2.44 bits per heavy atom. The topological polar surface area (TPSA) is 86.6 Å². The minimum absolute atomic E-state index is 0.0599. The molecule has 0 fully saturated rings. The van der Waals surface area contributed by atoms with Gasteiger partial charge in [-0.1, -0.05) is 42.5 Å². The van der Waals surface area contributed by atoms with E-state index in [0.717, 1.165) is 11.1 Å². The van der Waals surface area contributed by atoms with Gasteiger partial charge in [-0.25, -0.2) is 8.42 Å². The molecule has 0 radical (unpaired) electrons. The molecule has 4 rings (SSSR count). The van der Waals surface area contributed by atoms with Crippen LogP contribution in [0.1, 0.15) is 11.1 Å². The Hall–Kier alpha value is -3.78. The molecule has 34 heavy (non-hydrogen) atoms. The molecule has 0 aliphatic heterocycles. The van der Waals surface area contributed by atoms with Gasteiger partial charge in [-0.3, -0.25) is 4.79 Å². The number of carbonyl (C=O) groups is 1. The number of para-hydroxylation sites is 1. The van der Waals surface area contributed by atoms with Gasteiger partial charge in [0.05, 0.1) is 30.6 Å². The Morgan fingerprint density at radius 2 is 1.71 bits per heavy atom. The first kappa shape index (κ1) is 23.4. The number of carbonyl (C=O) groups excluding carboxylic acids is 1. The molecule has 8 heteroatoms. The maximum absolute atomic E-state index is 13.4. The number of ether oxygens (including phenoxy) is 2. The number of benzene rings is 3. The van der Waals surface area contributed by atoms with E-state index >= 15 is 0 Å². The fraction of sp³-hybridized carbons (Fsp3) is 0.192. The third-order valence-corrected chi connectivity index (χ3v) is 7.38. The summed E-state index contributed by atoms with van der Waals surface area (Å²) in [4.78, 5) is 13.1. The summed E-state index contributed by atoms with van der Waals surface area (Å²) in [5.74, 6) is 0.650. The van der Waals surface area contributed by atoms with E-state index in [9.17, 15) is 13.2 Å². The SMILES string of the molecule is COc1ccc(NC(=O)Cn2cc(S(=O)(=O)Cc3ccccc3C)c3ccccc32)c(OC)c1. The van der Waals surface area contributed by atoms with Crippen LogP contribution in [0.3, 0.4) is 0 Å². The molecule has 0 aliphatic rings. The standard InChI is InChI=1S/C26H26N2O5S/c1-18-8-4-5-9-19(18)17-34(30,31)25-15-28(23-11-7-6-10-21(23)25)16-26(29)27-22-13-12-20(32-2)14-24(22)33-3/h4-15H,16-17H2,1-3H3,(H,27,29). The quantitative estimate of drug-likeness (QED) is 0.401. The second kappa shape index (κ2) is 9.61. The highest BCUT2D eigenvalue weighted by Gasteiger charge is 2.23. The smallest absolute Gasteiger partial charge is 0.244 e. The Balaban J connectivity index is 1.64. The molecule has 1 amide bonds. The molecule has 7 nitrogen and oxygen atoms in total. The van der Waals surface area contributed by atoms with E-state index in [1.54, 1.807) is 48.2 Å². The highest BCUT2D eigenvalue weighted by atomic mass is 32.2. The van der Waals surface area contributed by atoms with Gasteiger partial charge in [-0.15, -0.1) is 0 Å². The fourth-order valence-corrected chi connectivity index (χ4v) is 5.58. The molecule has 4 aromatic rings. The van der Waals surface area contributed by atoms with Crippen LogP contribution in [0.5, 0.6) is 11.5 Å². The van der Waals surface area contributed by atoms with Crippen LogP contribution < -0.4 is 14.8 Å². The third kappa shape index (κ3) is 4.77. The van der Waals surface area contributed by atoms with E-state index in [4.69, 9.17) is 9.47 Å². The van der Waals surface area contributed by atoms with E-state index < -0.39 is 9.84 Å². The highest BCUT2D eigenvalue weighted by Crippen LogP contribution is 2.30. The largest absolute Gasteiger partial charge is 0.497 e. The lowest BCUT2D eigenvalue weighted by molar-refractivity contribution is -0.116. The van der Waals surface area contributed by atoms with E-state index in [1.807, 2.05) is 43.3 Å². The van der Waals surface area contributed by atoms with Crippen molar-refractivity contribution in [2.75, 3.05) is 19.5 Å². The first-order valence-electron chi connectivity index (χ1n) is 10.7. The third-order valence-electron chi connectivity index (χ3n) is 5.69. The van der Waals surface area contributed by atoms with E-state index in [2.05, 4.69) is 5.32 Å². The van der Waals surface area contributed by atoms with Crippen molar-refractivity contribution in [1.29, 1.82) is 0 Å². The summed E-state index contributed by atoms with van der Waals surface area (Å²) < 4.78 is 38.9. The first-order chi connectivity index (χ1) is 16.3. The summed E-state index contributed by atoms with van der Waals surface area (Å²) in [6.45, 7) is 1.83. The van der Waals surface area contributed by atoms with Crippen molar-refractivity contribution in [2.45, 2.75) is 24.1 Å². The second-order valence-corrected chi connectivity index (χ2v) is 9.90. The molecule has 0 saturated carbocycles. The van der Waals surface area contributed by atoms with E-state index in [0.29, 0.717) is 28.1 Å². The Kier molecular flexibility index (Phi) is 6.61. The lowest BCUT2D eigenvalue weighted by Crippen LogP contribution is -2.18. The fourth-order valence-electron chi connectivity index (χ4n) is 3.89. The summed E-state index contributed by atoms with van der Waals surface area (Å²) in [5, 5.41) is 3.42. The van der Waals surface area contributed by atoms with Crippen molar-refractivity contribution in [3.63, 3.8) is 0 Å². The van der Waals surface area contributed by atoms with Crippen LogP contribution in [0, 0.1) is 6.92 Å². The van der Waals surface area contributed by atoms with Crippen molar-refractivity contribution in [3.8, 4) is 11.5 Å². The van der Waals surface area contributed by atoms with Gasteiger partial charge in [-0.2, -0.15) is 0 Å². The van der Waals surface area contributed by atoms with Gasteiger partial charge < -0.3 is 19.4 Å². The average molecular weight is 479 g/mol. The van der Waals surface area contributed by atoms with Crippen molar-refractivity contribution in [1.82, 2.24) is 4.57 Å². The normalized spacial score (nSPS) is 11.4. The number of sulfone groups is 1. The molecule has 0 aliphatic carbocycles. The molecule has 0 saturated heterocycles. The van der Waals surface area contributed by atoms with Gasteiger partial charge in [0.2, 0.25) is 5.91 Å². The molecule has 0 atom stereocenters. The van der Waals surface area contributed by atoms with Crippen LogP contribution in [0.2, 0.25) is 0 Å². The number of aryl methyl sites for hydroxylation is 1. The number of methoxy groups -OCH3 is 2. The number of anilines is 1. The van der Waals surface area contributed by atoms with Crippen LogP contribution in [0.15, 0.2) is 77.8 Å². The summed E-state index contributed by atoms with van der Waals surface area (Å²) in [5.41, 5.74) is 2.84. The predicted molar refractivity (Wildman–Crippen MR) is 132 cm³/mol. The molecule has 0 spiro atoms. The maximum Gasteiger partial charge on any atom is 0.244 e. The molecular formula is C26H26N2O5S. The van der Waals surface area contributed by atoms with Crippen molar-refractivity contribution in [3.05, 3.63) is 84.1 Å². The predicted octanol–water partition coefficient (Wildman–Crippen LogP) is 4.58. The van der Waals surface area contributed by atoms with E-state index in [1.165, 1.54) is 7.11 Å². The van der Waals surface area contributed by atoms with E-state index in [-0.39, 0.29) is 23.1 Å². The zero-order valence-corrected chi connectivity index (χ0v) is 20.1. The lowest BCUT2D eigenvalue weighted by Gasteiger charge is -2.12. The van der Waals surface area contributed by atoms with Crippen LogP contribution in [-0.4, -0.2) is 33.1 Å². The van der Waals surface area contributed by atoms with Gasteiger partial charge in [0, 0.05) is 23.2 Å². The zero-order valence-electron chi connectivity index (χ0n) is 19.2. The van der Waals surface area contributed by atoms with Crippen LogP contribution in [0.25, 0.3) is 10.9 Å². The molecule has 176 valence electrons. The summed E-state index contributed by atoms with van der Waals surface area (Å²) in [6, 6.07) is 19.7. The molecule has 0 bridgehead atoms. The summed E-state index contributed by atoms with van der Waals surface area (Å²) in [6.07, 6.45) is 1.54. The number of aromatic nitrogens is 1. The van der Waals surface area contributed by atoms with Crippen molar-refractivity contribution in [2.24, 2.45) is 0 Å². The maximum atomic E-state index is 13.4. The second-order valence-electron chi connectivity index (χ2n) is 7.94. The zero-order chi connectivity index (χ0) is 24.3. The molecule has 1 heterocycles. The molecule has 0 unspecified atom stereocenters. The highest BCUT2D eigenvalue weighted by molar-refractivity contribution is 7.90. The average Bonchev–Trinajstić information content (AvgIpc) is 3.20. The number of hydrogen-bond acceptors (Lipinski definition) is 5. The van der Waals surface area contributed by atoms with Crippen molar-refractivity contribution >= 4 is 32.3 Å². The molecular weight excluding hydrogens is 452 g/mol. The summed E-state index contributed by atoms with van der Waals surface area (Å²) >= 11 is 0. The van der Waals surface area contributed by atoms with Crippen LogP contribution >= 0.6 is 0 Å². The number of nitrogens with zero attached hydrogens (tertiary/aromatic N) is 1. The molecule has 3 aromatic carbocycles. The van der Waals surface area contributed by atoms with Crippen molar-refractivity contribution < 1.29 is 22.7 Å².